The van der Waals surface area contributed by atoms with Gasteiger partial charge in [0.2, 0.25) is 5.91 Å². The number of nitrogens with one attached hydrogen (secondary N) is 2. The Hall–Kier alpha value is -1.36. The van der Waals surface area contributed by atoms with Gasteiger partial charge in [0.1, 0.15) is 0 Å². The quantitative estimate of drug-likeness (QED) is 0.715. The number of aromatic nitrogens is 2. The topological polar surface area (TPSA) is 59.0 Å². The maximum absolute atomic E-state index is 11.2. The molecule has 2 N–H and O–H groups in total. The highest BCUT2D eigenvalue weighted by Crippen LogP contribution is 2.13. The van der Waals surface area contributed by atoms with Gasteiger partial charge in [-0.3, -0.25) is 9.48 Å². The predicted octanol–water partition coefficient (Wildman–Crippen LogP) is 1.14. The Morgan fingerprint density at radius 3 is 2.72 bits per heavy atom. The van der Waals surface area contributed by atoms with E-state index in [1.807, 2.05) is 11.6 Å². The lowest BCUT2D eigenvalue weighted by atomic mass is 10.2. The van der Waals surface area contributed by atoms with E-state index in [9.17, 15) is 4.79 Å². The molecule has 0 atom stereocenters. The fraction of sp³-hybridized carbons (Fsp3) is 0.692. The van der Waals surface area contributed by atoms with E-state index in [1.54, 1.807) is 7.05 Å². The van der Waals surface area contributed by atoms with Crippen LogP contribution in [0.5, 0.6) is 0 Å². The number of rotatable bonds is 7. The normalized spacial score (nSPS) is 10.7. The molecule has 5 heteroatoms. The van der Waals surface area contributed by atoms with E-state index in [2.05, 4.69) is 29.6 Å². The van der Waals surface area contributed by atoms with Gasteiger partial charge in [-0.25, -0.2) is 0 Å². The van der Waals surface area contributed by atoms with Crippen molar-refractivity contribution < 1.29 is 4.79 Å². The summed E-state index contributed by atoms with van der Waals surface area (Å²) in [7, 11) is 1.66. The van der Waals surface area contributed by atoms with Crippen molar-refractivity contribution in [3.05, 3.63) is 17.0 Å². The number of nitrogens with zero attached hydrogens (tertiary/aromatic N) is 2. The van der Waals surface area contributed by atoms with E-state index in [4.69, 9.17) is 0 Å². The zero-order chi connectivity index (χ0) is 13.5. The van der Waals surface area contributed by atoms with Crippen molar-refractivity contribution in [1.29, 1.82) is 0 Å². The van der Waals surface area contributed by atoms with Crippen molar-refractivity contribution in [1.82, 2.24) is 20.4 Å². The second-order valence-corrected chi connectivity index (χ2v) is 4.47. The number of hydrogen-bond donors (Lipinski definition) is 2. The molecule has 1 aromatic heterocycles. The minimum atomic E-state index is 0.0493. The monoisotopic (exact) mass is 252 g/mol. The third kappa shape index (κ3) is 3.84. The molecule has 0 fully saturated rings. The van der Waals surface area contributed by atoms with Crippen LogP contribution < -0.4 is 10.6 Å². The van der Waals surface area contributed by atoms with Gasteiger partial charge in [0, 0.05) is 37.8 Å². The molecule has 0 saturated heterocycles. The summed E-state index contributed by atoms with van der Waals surface area (Å²) in [6.45, 7) is 8.74. The molecular weight excluding hydrogens is 228 g/mol. The van der Waals surface area contributed by atoms with Gasteiger partial charge in [-0.05, 0) is 26.8 Å². The smallest absolute Gasteiger partial charge is 0.221 e. The number of amides is 1. The van der Waals surface area contributed by atoms with Crippen LogP contribution in [0.3, 0.4) is 0 Å². The third-order valence-corrected chi connectivity index (χ3v) is 3.09. The number of carbonyl (C=O) groups is 1. The molecule has 1 aromatic rings. The summed E-state index contributed by atoms with van der Waals surface area (Å²) in [6, 6.07) is 0. The largest absolute Gasteiger partial charge is 0.359 e. The average molecular weight is 252 g/mol. The van der Waals surface area contributed by atoms with E-state index in [0.717, 1.165) is 30.9 Å². The van der Waals surface area contributed by atoms with Gasteiger partial charge in [-0.2, -0.15) is 5.10 Å². The minimum absolute atomic E-state index is 0.0493. The molecule has 1 rings (SSSR count). The second kappa shape index (κ2) is 7.16. The Balaban J connectivity index is 2.65. The molecule has 18 heavy (non-hydrogen) atoms. The minimum Gasteiger partial charge on any atom is -0.359 e. The molecule has 0 aliphatic heterocycles. The maximum atomic E-state index is 11.2. The van der Waals surface area contributed by atoms with Crippen molar-refractivity contribution in [3.8, 4) is 0 Å². The van der Waals surface area contributed by atoms with Crippen LogP contribution in [0, 0.1) is 13.8 Å². The Labute approximate surface area is 109 Å². The highest BCUT2D eigenvalue weighted by Gasteiger charge is 2.11. The van der Waals surface area contributed by atoms with E-state index in [1.165, 1.54) is 5.56 Å². The van der Waals surface area contributed by atoms with Crippen molar-refractivity contribution >= 4 is 5.91 Å². The van der Waals surface area contributed by atoms with E-state index < -0.39 is 0 Å². The molecule has 0 aromatic carbocycles. The third-order valence-electron chi connectivity index (χ3n) is 3.09. The molecule has 0 saturated carbocycles. The van der Waals surface area contributed by atoms with Crippen LogP contribution >= 0.6 is 0 Å². The molecule has 1 heterocycles. The van der Waals surface area contributed by atoms with Crippen LogP contribution in [0.4, 0.5) is 0 Å². The summed E-state index contributed by atoms with van der Waals surface area (Å²) in [6.07, 6.45) is 1.60. The molecule has 0 bridgehead atoms. The molecule has 0 aliphatic carbocycles. The zero-order valence-electron chi connectivity index (χ0n) is 11.8. The fourth-order valence-electron chi connectivity index (χ4n) is 1.93. The lowest BCUT2D eigenvalue weighted by molar-refractivity contribution is -0.120. The van der Waals surface area contributed by atoms with Crippen LogP contribution in [-0.2, 0) is 17.9 Å². The van der Waals surface area contributed by atoms with Gasteiger partial charge >= 0.3 is 0 Å². The summed E-state index contributed by atoms with van der Waals surface area (Å²) in [5.74, 6) is 0.0493. The first kappa shape index (κ1) is 14.7. The lowest BCUT2D eigenvalue weighted by Gasteiger charge is -2.06. The lowest BCUT2D eigenvalue weighted by Crippen LogP contribution is -2.20. The molecule has 102 valence electrons. The molecular formula is C13H24N4O. The number of hydrogen-bond acceptors (Lipinski definition) is 3. The van der Waals surface area contributed by atoms with E-state index >= 15 is 0 Å². The summed E-state index contributed by atoms with van der Waals surface area (Å²) in [4.78, 5) is 11.2. The van der Waals surface area contributed by atoms with Gasteiger partial charge in [0.25, 0.3) is 0 Å². The van der Waals surface area contributed by atoms with Gasteiger partial charge in [0.15, 0.2) is 0 Å². The Bertz CT molecular complexity index is 398. The first-order valence-electron chi connectivity index (χ1n) is 6.54. The van der Waals surface area contributed by atoms with E-state index in [-0.39, 0.29) is 5.91 Å². The summed E-state index contributed by atoms with van der Waals surface area (Å²) >= 11 is 0. The summed E-state index contributed by atoms with van der Waals surface area (Å²) < 4.78 is 1.92. The first-order valence-corrected chi connectivity index (χ1v) is 6.54. The van der Waals surface area contributed by atoms with Crippen molar-refractivity contribution in [2.45, 2.75) is 46.7 Å². The Morgan fingerprint density at radius 1 is 1.39 bits per heavy atom. The molecule has 1 amide bonds. The van der Waals surface area contributed by atoms with Gasteiger partial charge in [-0.15, -0.1) is 0 Å². The van der Waals surface area contributed by atoms with Crippen molar-refractivity contribution in [3.63, 3.8) is 0 Å². The fourth-order valence-corrected chi connectivity index (χ4v) is 1.93. The van der Waals surface area contributed by atoms with Crippen LogP contribution in [0.15, 0.2) is 0 Å². The SMILES string of the molecule is CCCNCc1c(C)nn(CCC(=O)NC)c1C. The van der Waals surface area contributed by atoms with Gasteiger partial charge in [-0.1, -0.05) is 6.92 Å². The molecule has 0 aliphatic rings. The van der Waals surface area contributed by atoms with Crippen LogP contribution in [0.1, 0.15) is 36.7 Å². The Morgan fingerprint density at radius 2 is 2.11 bits per heavy atom. The highest BCUT2D eigenvalue weighted by atomic mass is 16.1. The molecule has 0 spiro atoms. The van der Waals surface area contributed by atoms with Crippen molar-refractivity contribution in [2.75, 3.05) is 13.6 Å². The van der Waals surface area contributed by atoms with Gasteiger partial charge < -0.3 is 10.6 Å². The Kier molecular flexibility index (Phi) is 5.85. The highest BCUT2D eigenvalue weighted by molar-refractivity contribution is 5.75. The molecule has 5 nitrogen and oxygen atoms in total. The van der Waals surface area contributed by atoms with Crippen LogP contribution in [0.25, 0.3) is 0 Å². The van der Waals surface area contributed by atoms with Crippen molar-refractivity contribution in [2.24, 2.45) is 0 Å². The number of carbonyl (C=O) groups excluding carboxylic acids is 1. The zero-order valence-corrected chi connectivity index (χ0v) is 11.8. The summed E-state index contributed by atoms with van der Waals surface area (Å²) in [5.41, 5.74) is 3.45. The first-order chi connectivity index (χ1) is 8.60. The molecule has 0 radical (unpaired) electrons. The van der Waals surface area contributed by atoms with Gasteiger partial charge in [0.05, 0.1) is 5.69 Å². The predicted molar refractivity (Wildman–Crippen MR) is 72.4 cm³/mol. The maximum Gasteiger partial charge on any atom is 0.221 e. The van der Waals surface area contributed by atoms with Crippen LogP contribution in [0.2, 0.25) is 0 Å². The van der Waals surface area contributed by atoms with E-state index in [0.29, 0.717) is 13.0 Å². The average Bonchev–Trinajstić information content (AvgIpc) is 2.63. The molecule has 0 unspecified atom stereocenters. The summed E-state index contributed by atoms with van der Waals surface area (Å²) in [5, 5.41) is 10.5. The standard InChI is InChI=1S/C13H24N4O/c1-5-7-15-9-12-10(2)16-17(11(12)3)8-6-13(18)14-4/h15H,5-9H2,1-4H3,(H,14,18). The second-order valence-electron chi connectivity index (χ2n) is 4.47. The number of aryl methyl sites for hydroxylation is 2. The van der Waals surface area contributed by atoms with Crippen LogP contribution in [-0.4, -0.2) is 29.3 Å².